The zero-order valence-corrected chi connectivity index (χ0v) is 10.9. The maximum Gasteiger partial charge on any atom is 0.122 e. The van der Waals surface area contributed by atoms with Crippen LogP contribution < -0.4 is 4.74 Å². The molecule has 1 aromatic rings. The average molecular weight is 251 g/mol. The Morgan fingerprint density at radius 1 is 1.33 bits per heavy atom. The molecule has 18 heavy (non-hydrogen) atoms. The predicted molar refractivity (Wildman–Crippen MR) is 69.9 cm³/mol. The number of aryl methyl sites for hydroxylation is 1. The minimum atomic E-state index is 0.0783. The lowest BCUT2D eigenvalue weighted by Crippen LogP contribution is -2.38. The van der Waals surface area contributed by atoms with Gasteiger partial charge in [-0.3, -0.25) is 4.90 Å². The van der Waals surface area contributed by atoms with E-state index in [1.54, 1.807) is 0 Å². The first-order valence-corrected chi connectivity index (χ1v) is 6.43. The van der Waals surface area contributed by atoms with Gasteiger partial charge < -0.3 is 14.6 Å². The molecule has 0 unspecified atom stereocenters. The van der Waals surface area contributed by atoms with E-state index in [9.17, 15) is 0 Å². The third kappa shape index (κ3) is 3.70. The number of aliphatic hydroxyl groups is 1. The molecule has 1 N–H and O–H groups in total. The summed E-state index contributed by atoms with van der Waals surface area (Å²) in [6.07, 6.45) is 0. The Morgan fingerprint density at radius 3 is 2.78 bits per heavy atom. The van der Waals surface area contributed by atoms with Crippen LogP contribution in [-0.4, -0.2) is 49.5 Å². The fraction of sp³-hybridized carbons (Fsp3) is 0.571. The van der Waals surface area contributed by atoms with Gasteiger partial charge in [0.25, 0.3) is 0 Å². The summed E-state index contributed by atoms with van der Waals surface area (Å²) in [5, 5.41) is 9.04. The summed E-state index contributed by atoms with van der Waals surface area (Å²) >= 11 is 0. The summed E-state index contributed by atoms with van der Waals surface area (Å²) < 4.78 is 11.1. The largest absolute Gasteiger partial charge is 0.492 e. The molecular weight excluding hydrogens is 230 g/mol. The first-order valence-electron chi connectivity index (χ1n) is 6.43. The van der Waals surface area contributed by atoms with Crippen LogP contribution in [0.25, 0.3) is 0 Å². The molecule has 0 bridgehead atoms. The van der Waals surface area contributed by atoms with E-state index < -0.39 is 0 Å². The quantitative estimate of drug-likeness (QED) is 0.854. The summed E-state index contributed by atoms with van der Waals surface area (Å²) in [7, 11) is 0. The lowest BCUT2D eigenvalue weighted by atomic mass is 10.1. The van der Waals surface area contributed by atoms with E-state index in [2.05, 4.69) is 4.90 Å². The van der Waals surface area contributed by atoms with Crippen molar-refractivity contribution in [2.24, 2.45) is 0 Å². The molecule has 0 aliphatic carbocycles. The third-order valence-corrected chi connectivity index (χ3v) is 3.19. The normalized spacial score (nSPS) is 16.8. The van der Waals surface area contributed by atoms with Gasteiger partial charge in [0.15, 0.2) is 0 Å². The van der Waals surface area contributed by atoms with Gasteiger partial charge >= 0.3 is 0 Å². The highest BCUT2D eigenvalue weighted by Crippen LogP contribution is 2.19. The first kappa shape index (κ1) is 13.3. The fourth-order valence-corrected chi connectivity index (χ4v) is 2.08. The van der Waals surface area contributed by atoms with Gasteiger partial charge in [-0.25, -0.2) is 0 Å². The molecular formula is C14H21NO3. The molecule has 1 fully saturated rings. The number of hydrogen-bond acceptors (Lipinski definition) is 4. The second kappa shape index (κ2) is 6.73. The van der Waals surface area contributed by atoms with Crippen molar-refractivity contribution >= 4 is 0 Å². The number of ether oxygens (including phenoxy) is 2. The van der Waals surface area contributed by atoms with Gasteiger partial charge in [0, 0.05) is 19.6 Å². The van der Waals surface area contributed by atoms with E-state index >= 15 is 0 Å². The zero-order valence-electron chi connectivity index (χ0n) is 10.9. The van der Waals surface area contributed by atoms with Crippen molar-refractivity contribution in [1.82, 2.24) is 4.90 Å². The van der Waals surface area contributed by atoms with Gasteiger partial charge in [0.05, 0.1) is 19.8 Å². The van der Waals surface area contributed by atoms with Crippen LogP contribution >= 0.6 is 0 Å². The number of nitrogens with zero attached hydrogens (tertiary/aromatic N) is 1. The highest BCUT2D eigenvalue weighted by Gasteiger charge is 2.10. The molecule has 1 heterocycles. The number of rotatable bonds is 5. The predicted octanol–water partition coefficient (Wildman–Crippen LogP) is 1.20. The highest BCUT2D eigenvalue weighted by atomic mass is 16.5. The lowest BCUT2D eigenvalue weighted by Gasteiger charge is -2.26. The van der Waals surface area contributed by atoms with Crippen molar-refractivity contribution < 1.29 is 14.6 Å². The van der Waals surface area contributed by atoms with Crippen LogP contribution in [0.3, 0.4) is 0 Å². The van der Waals surface area contributed by atoms with Gasteiger partial charge in [0.2, 0.25) is 0 Å². The molecule has 2 rings (SSSR count). The van der Waals surface area contributed by atoms with Gasteiger partial charge in [-0.05, 0) is 24.1 Å². The van der Waals surface area contributed by atoms with E-state index in [0.717, 1.165) is 49.7 Å². The molecule has 0 atom stereocenters. The molecule has 1 aliphatic heterocycles. The standard InChI is InChI=1S/C14H21NO3/c1-12-10-13(11-16)2-3-14(12)18-9-6-15-4-7-17-8-5-15/h2-3,10,16H,4-9,11H2,1H3. The maximum absolute atomic E-state index is 9.04. The van der Waals surface area contributed by atoms with Gasteiger partial charge in [-0.1, -0.05) is 12.1 Å². The van der Waals surface area contributed by atoms with E-state index in [1.807, 2.05) is 25.1 Å². The Kier molecular flexibility index (Phi) is 4.99. The van der Waals surface area contributed by atoms with E-state index in [-0.39, 0.29) is 6.61 Å². The molecule has 1 aliphatic rings. The van der Waals surface area contributed by atoms with Crippen LogP contribution in [-0.2, 0) is 11.3 Å². The van der Waals surface area contributed by atoms with Crippen LogP contribution in [0, 0.1) is 6.92 Å². The molecule has 0 spiro atoms. The molecule has 0 amide bonds. The Labute approximate surface area is 108 Å². The minimum absolute atomic E-state index is 0.0783. The van der Waals surface area contributed by atoms with E-state index in [1.165, 1.54) is 0 Å². The summed E-state index contributed by atoms with van der Waals surface area (Å²) in [6, 6.07) is 5.79. The Bertz CT molecular complexity index is 375. The van der Waals surface area contributed by atoms with Crippen LogP contribution in [0.4, 0.5) is 0 Å². The van der Waals surface area contributed by atoms with Crippen molar-refractivity contribution in [2.75, 3.05) is 39.5 Å². The second-order valence-corrected chi connectivity index (χ2v) is 4.56. The SMILES string of the molecule is Cc1cc(CO)ccc1OCCN1CCOCC1. The third-order valence-electron chi connectivity index (χ3n) is 3.19. The van der Waals surface area contributed by atoms with Crippen LogP contribution in [0.2, 0.25) is 0 Å². The zero-order chi connectivity index (χ0) is 12.8. The number of morpholine rings is 1. The number of hydrogen-bond donors (Lipinski definition) is 1. The van der Waals surface area contributed by atoms with Gasteiger partial charge in [0.1, 0.15) is 12.4 Å². The first-order chi connectivity index (χ1) is 8.79. The summed E-state index contributed by atoms with van der Waals surface area (Å²) in [5.74, 6) is 0.903. The minimum Gasteiger partial charge on any atom is -0.492 e. The average Bonchev–Trinajstić information content (AvgIpc) is 2.42. The number of aliphatic hydroxyl groups excluding tert-OH is 1. The van der Waals surface area contributed by atoms with E-state index in [0.29, 0.717) is 6.61 Å². The van der Waals surface area contributed by atoms with Crippen molar-refractivity contribution in [2.45, 2.75) is 13.5 Å². The van der Waals surface area contributed by atoms with E-state index in [4.69, 9.17) is 14.6 Å². The van der Waals surface area contributed by atoms with Crippen molar-refractivity contribution in [3.63, 3.8) is 0 Å². The molecule has 0 radical (unpaired) electrons. The molecule has 0 saturated carbocycles. The number of benzene rings is 1. The summed E-state index contributed by atoms with van der Waals surface area (Å²) in [4.78, 5) is 2.35. The molecule has 1 aromatic carbocycles. The topological polar surface area (TPSA) is 41.9 Å². The smallest absolute Gasteiger partial charge is 0.122 e. The van der Waals surface area contributed by atoms with Gasteiger partial charge in [-0.15, -0.1) is 0 Å². The molecule has 4 heteroatoms. The molecule has 0 aromatic heterocycles. The van der Waals surface area contributed by atoms with Crippen LogP contribution in [0.5, 0.6) is 5.75 Å². The molecule has 100 valence electrons. The van der Waals surface area contributed by atoms with Crippen LogP contribution in [0.15, 0.2) is 18.2 Å². The fourth-order valence-electron chi connectivity index (χ4n) is 2.08. The van der Waals surface area contributed by atoms with Crippen molar-refractivity contribution in [3.8, 4) is 5.75 Å². The van der Waals surface area contributed by atoms with Gasteiger partial charge in [-0.2, -0.15) is 0 Å². The summed E-state index contributed by atoms with van der Waals surface area (Å²) in [5.41, 5.74) is 2.00. The summed E-state index contributed by atoms with van der Waals surface area (Å²) in [6.45, 7) is 7.34. The van der Waals surface area contributed by atoms with Crippen LogP contribution in [0.1, 0.15) is 11.1 Å². The van der Waals surface area contributed by atoms with Crippen molar-refractivity contribution in [1.29, 1.82) is 0 Å². The lowest BCUT2D eigenvalue weighted by molar-refractivity contribution is 0.0322. The Morgan fingerprint density at radius 2 is 2.11 bits per heavy atom. The monoisotopic (exact) mass is 251 g/mol. The van der Waals surface area contributed by atoms with Crippen molar-refractivity contribution in [3.05, 3.63) is 29.3 Å². The maximum atomic E-state index is 9.04. The molecule has 4 nitrogen and oxygen atoms in total. The Hall–Kier alpha value is -1.10. The second-order valence-electron chi connectivity index (χ2n) is 4.56. The molecule has 1 saturated heterocycles. The highest BCUT2D eigenvalue weighted by molar-refractivity contribution is 5.35. The Balaban J connectivity index is 1.79.